The minimum atomic E-state index is -1.02. The van der Waals surface area contributed by atoms with E-state index in [4.69, 9.17) is 16.7 Å². The van der Waals surface area contributed by atoms with Crippen LogP contribution >= 0.6 is 22.9 Å². The van der Waals surface area contributed by atoms with Crippen LogP contribution < -0.4 is 0 Å². The molecule has 3 heterocycles. The van der Waals surface area contributed by atoms with Crippen LogP contribution in [0.15, 0.2) is 17.6 Å². The monoisotopic (exact) mass is 293 g/mol. The lowest BCUT2D eigenvalue weighted by atomic mass is 10.3. The molecule has 0 aliphatic carbocycles. The van der Waals surface area contributed by atoms with Crippen LogP contribution in [0.2, 0.25) is 5.02 Å². The fraction of sp³-hybridized carbons (Fsp3) is 0.0833. The Morgan fingerprint density at radius 1 is 1.53 bits per heavy atom. The second-order valence-electron chi connectivity index (χ2n) is 4.05. The average molecular weight is 294 g/mol. The Kier molecular flexibility index (Phi) is 2.76. The molecule has 0 aromatic carbocycles. The maximum atomic E-state index is 10.9. The van der Waals surface area contributed by atoms with E-state index in [1.165, 1.54) is 23.6 Å². The number of halogens is 1. The van der Waals surface area contributed by atoms with E-state index < -0.39 is 5.97 Å². The Morgan fingerprint density at radius 2 is 2.32 bits per heavy atom. The van der Waals surface area contributed by atoms with Gasteiger partial charge in [-0.25, -0.2) is 14.8 Å². The first-order valence-electron chi connectivity index (χ1n) is 5.39. The van der Waals surface area contributed by atoms with Crippen molar-refractivity contribution in [2.24, 2.45) is 0 Å². The molecular weight excluding hydrogens is 286 g/mol. The summed E-state index contributed by atoms with van der Waals surface area (Å²) >= 11 is 7.67. The third-order valence-corrected chi connectivity index (χ3v) is 4.40. The number of carboxylic acids is 1. The maximum absolute atomic E-state index is 10.9. The molecule has 0 atom stereocenters. The van der Waals surface area contributed by atoms with Crippen molar-refractivity contribution in [3.05, 3.63) is 33.8 Å². The minimum Gasteiger partial charge on any atom is -0.478 e. The van der Waals surface area contributed by atoms with Crippen molar-refractivity contribution >= 4 is 40.1 Å². The molecule has 0 fully saturated rings. The summed E-state index contributed by atoms with van der Waals surface area (Å²) in [5.74, 6) is -0.413. The molecule has 0 bridgehead atoms. The van der Waals surface area contributed by atoms with Crippen LogP contribution in [-0.4, -0.2) is 26.0 Å². The SMILES string of the molecule is Cc1csc(-c2nc3ncc(C(=O)O)cc3[nH]2)c1Cl. The number of thiophene rings is 1. The molecule has 3 aromatic rings. The number of aromatic carboxylic acids is 1. The quantitative estimate of drug-likeness (QED) is 0.759. The molecule has 0 aliphatic rings. The van der Waals surface area contributed by atoms with Crippen LogP contribution in [0, 0.1) is 6.92 Å². The number of aromatic nitrogens is 3. The highest BCUT2D eigenvalue weighted by Crippen LogP contribution is 2.35. The Bertz CT molecular complexity index is 793. The fourth-order valence-electron chi connectivity index (χ4n) is 1.71. The molecule has 7 heteroatoms. The number of imidazole rings is 1. The number of aromatic amines is 1. The van der Waals surface area contributed by atoms with Gasteiger partial charge in [0.25, 0.3) is 0 Å². The average Bonchev–Trinajstić information content (AvgIpc) is 2.93. The number of carbonyl (C=O) groups is 1. The van der Waals surface area contributed by atoms with Crippen LogP contribution in [0.25, 0.3) is 21.9 Å². The number of hydrogen-bond donors (Lipinski definition) is 2. The smallest absolute Gasteiger partial charge is 0.337 e. The standard InChI is InChI=1S/C12H8ClN3O2S/c1-5-4-19-9(8(5)13)11-15-7-2-6(12(17)18)3-14-10(7)16-11/h2-4H,1H3,(H,17,18)(H,14,15,16). The molecule has 96 valence electrons. The van der Waals surface area contributed by atoms with Crippen molar-refractivity contribution in [2.75, 3.05) is 0 Å². The second kappa shape index (κ2) is 4.32. The Labute approximate surface area is 116 Å². The van der Waals surface area contributed by atoms with Crippen LogP contribution in [-0.2, 0) is 0 Å². The number of fused-ring (bicyclic) bond motifs is 1. The van der Waals surface area contributed by atoms with E-state index in [0.717, 1.165) is 10.4 Å². The van der Waals surface area contributed by atoms with E-state index in [1.807, 2.05) is 12.3 Å². The van der Waals surface area contributed by atoms with Gasteiger partial charge >= 0.3 is 5.97 Å². The summed E-state index contributed by atoms with van der Waals surface area (Å²) in [6, 6.07) is 1.51. The summed E-state index contributed by atoms with van der Waals surface area (Å²) in [4.78, 5) is 23.1. The van der Waals surface area contributed by atoms with E-state index in [9.17, 15) is 4.79 Å². The molecule has 0 radical (unpaired) electrons. The van der Waals surface area contributed by atoms with Crippen molar-refractivity contribution in [3.8, 4) is 10.7 Å². The molecule has 0 amide bonds. The minimum absolute atomic E-state index is 0.121. The van der Waals surface area contributed by atoms with Gasteiger partial charge in [-0.1, -0.05) is 11.6 Å². The summed E-state index contributed by atoms with van der Waals surface area (Å²) in [6.45, 7) is 1.92. The van der Waals surface area contributed by atoms with E-state index in [2.05, 4.69) is 15.0 Å². The first-order chi connectivity index (χ1) is 9.06. The van der Waals surface area contributed by atoms with Crippen LogP contribution in [0.4, 0.5) is 0 Å². The Balaban J connectivity index is 2.16. The number of rotatable bonds is 2. The lowest BCUT2D eigenvalue weighted by Gasteiger charge is -1.92. The molecule has 0 spiro atoms. The van der Waals surface area contributed by atoms with Crippen molar-refractivity contribution in [2.45, 2.75) is 6.92 Å². The van der Waals surface area contributed by atoms with Gasteiger partial charge in [0.05, 0.1) is 21.0 Å². The largest absolute Gasteiger partial charge is 0.478 e. The van der Waals surface area contributed by atoms with E-state index >= 15 is 0 Å². The van der Waals surface area contributed by atoms with Gasteiger partial charge in [-0.3, -0.25) is 0 Å². The van der Waals surface area contributed by atoms with E-state index in [1.54, 1.807) is 0 Å². The number of carboxylic acid groups (broad SMARTS) is 1. The molecular formula is C12H8ClN3O2S. The summed E-state index contributed by atoms with van der Waals surface area (Å²) in [5.41, 5.74) is 2.16. The summed E-state index contributed by atoms with van der Waals surface area (Å²) in [6.07, 6.45) is 1.29. The molecule has 0 aliphatic heterocycles. The van der Waals surface area contributed by atoms with Gasteiger partial charge in [0.1, 0.15) is 0 Å². The zero-order chi connectivity index (χ0) is 13.6. The van der Waals surface area contributed by atoms with Crippen molar-refractivity contribution in [1.82, 2.24) is 15.0 Å². The number of H-pyrrole nitrogens is 1. The van der Waals surface area contributed by atoms with Crippen LogP contribution in [0.1, 0.15) is 15.9 Å². The molecule has 19 heavy (non-hydrogen) atoms. The summed E-state index contributed by atoms with van der Waals surface area (Å²) < 4.78 is 0. The van der Waals surface area contributed by atoms with E-state index in [-0.39, 0.29) is 5.56 Å². The third kappa shape index (κ3) is 1.98. The lowest BCUT2D eigenvalue weighted by Crippen LogP contribution is -1.96. The van der Waals surface area contributed by atoms with Crippen molar-refractivity contribution in [1.29, 1.82) is 0 Å². The summed E-state index contributed by atoms with van der Waals surface area (Å²) in [7, 11) is 0. The number of nitrogens with zero attached hydrogens (tertiary/aromatic N) is 2. The van der Waals surface area contributed by atoms with E-state index in [0.29, 0.717) is 22.0 Å². The zero-order valence-electron chi connectivity index (χ0n) is 9.77. The van der Waals surface area contributed by atoms with Gasteiger partial charge < -0.3 is 10.1 Å². The number of nitrogens with one attached hydrogen (secondary N) is 1. The molecule has 2 N–H and O–H groups in total. The number of hydrogen-bond acceptors (Lipinski definition) is 4. The van der Waals surface area contributed by atoms with Crippen molar-refractivity contribution in [3.63, 3.8) is 0 Å². The van der Waals surface area contributed by atoms with Crippen LogP contribution in [0.3, 0.4) is 0 Å². The fourth-order valence-corrected chi connectivity index (χ4v) is 2.94. The molecule has 0 saturated heterocycles. The highest BCUT2D eigenvalue weighted by molar-refractivity contribution is 7.14. The second-order valence-corrected chi connectivity index (χ2v) is 5.31. The first kappa shape index (κ1) is 12.1. The predicted octanol–water partition coefficient (Wildman–Crippen LogP) is 3.35. The number of aryl methyl sites for hydroxylation is 1. The number of pyridine rings is 1. The molecule has 5 nitrogen and oxygen atoms in total. The van der Waals surface area contributed by atoms with Crippen LogP contribution in [0.5, 0.6) is 0 Å². The maximum Gasteiger partial charge on any atom is 0.337 e. The van der Waals surface area contributed by atoms with Gasteiger partial charge in [-0.05, 0) is 23.9 Å². The lowest BCUT2D eigenvalue weighted by molar-refractivity contribution is 0.0696. The van der Waals surface area contributed by atoms with Gasteiger partial charge in [-0.2, -0.15) is 0 Å². The topological polar surface area (TPSA) is 78.9 Å². The van der Waals surface area contributed by atoms with Gasteiger partial charge in [0.2, 0.25) is 0 Å². The molecule has 3 aromatic heterocycles. The summed E-state index contributed by atoms with van der Waals surface area (Å²) in [5, 5.41) is 11.5. The van der Waals surface area contributed by atoms with Crippen molar-refractivity contribution < 1.29 is 9.90 Å². The normalized spacial score (nSPS) is 11.1. The van der Waals surface area contributed by atoms with Gasteiger partial charge in [-0.15, -0.1) is 11.3 Å². The predicted molar refractivity (Wildman–Crippen MR) is 73.9 cm³/mol. The highest BCUT2D eigenvalue weighted by atomic mass is 35.5. The molecule has 0 unspecified atom stereocenters. The van der Waals surface area contributed by atoms with Gasteiger partial charge in [0.15, 0.2) is 11.5 Å². The molecule has 3 rings (SSSR count). The highest BCUT2D eigenvalue weighted by Gasteiger charge is 2.14. The Hall–Kier alpha value is -1.92. The first-order valence-corrected chi connectivity index (χ1v) is 6.65. The third-order valence-electron chi connectivity index (χ3n) is 2.70. The zero-order valence-corrected chi connectivity index (χ0v) is 11.3. The Morgan fingerprint density at radius 3 is 2.95 bits per heavy atom. The van der Waals surface area contributed by atoms with Gasteiger partial charge in [0, 0.05) is 6.20 Å². The molecule has 0 saturated carbocycles.